The quantitative estimate of drug-likeness (QED) is 0.697. The summed E-state index contributed by atoms with van der Waals surface area (Å²) in [4.78, 5) is 36.3. The maximum atomic E-state index is 12.1. The molecule has 3 aromatic rings. The van der Waals surface area contributed by atoms with Crippen LogP contribution in [0.2, 0.25) is 0 Å². The standard InChI is InChI=1S/C21H19NO5/c1-13(2)14-7-3-5-9-16(14)22-20(24)12-26-21(25)19-11-17(23)15-8-4-6-10-18(15)27-19/h3-11,13H,12H2,1-2H3,(H,22,24). The van der Waals surface area contributed by atoms with E-state index in [-0.39, 0.29) is 22.7 Å². The molecule has 0 radical (unpaired) electrons. The highest BCUT2D eigenvalue weighted by molar-refractivity contribution is 5.95. The van der Waals surface area contributed by atoms with Crippen molar-refractivity contribution in [1.82, 2.24) is 0 Å². The molecule has 138 valence electrons. The molecular formula is C21H19NO5. The van der Waals surface area contributed by atoms with Crippen LogP contribution in [0.25, 0.3) is 11.0 Å². The van der Waals surface area contributed by atoms with Crippen LogP contribution in [0.1, 0.15) is 35.9 Å². The number of esters is 1. The van der Waals surface area contributed by atoms with Crippen LogP contribution >= 0.6 is 0 Å². The number of carbonyl (C=O) groups is 2. The summed E-state index contributed by atoms with van der Waals surface area (Å²) in [7, 11) is 0. The van der Waals surface area contributed by atoms with E-state index in [1.165, 1.54) is 0 Å². The van der Waals surface area contributed by atoms with E-state index < -0.39 is 18.5 Å². The molecule has 0 saturated heterocycles. The van der Waals surface area contributed by atoms with Gasteiger partial charge in [0.25, 0.3) is 5.91 Å². The van der Waals surface area contributed by atoms with Crippen molar-refractivity contribution in [2.75, 3.05) is 11.9 Å². The number of rotatable bonds is 5. The first-order valence-electron chi connectivity index (χ1n) is 8.54. The Kier molecular flexibility index (Phi) is 5.35. The van der Waals surface area contributed by atoms with E-state index in [9.17, 15) is 14.4 Å². The Bertz CT molecular complexity index is 1050. The minimum atomic E-state index is -0.870. The topological polar surface area (TPSA) is 85.6 Å². The van der Waals surface area contributed by atoms with Gasteiger partial charge in [-0.1, -0.05) is 44.2 Å². The molecular weight excluding hydrogens is 346 g/mol. The predicted octanol–water partition coefficient (Wildman–Crippen LogP) is 3.71. The molecule has 0 aliphatic rings. The van der Waals surface area contributed by atoms with Gasteiger partial charge < -0.3 is 14.5 Å². The monoisotopic (exact) mass is 365 g/mol. The fraction of sp³-hybridized carbons (Fsp3) is 0.190. The zero-order chi connectivity index (χ0) is 19.4. The molecule has 0 atom stereocenters. The third kappa shape index (κ3) is 4.23. The first-order valence-corrected chi connectivity index (χ1v) is 8.54. The van der Waals surface area contributed by atoms with E-state index in [2.05, 4.69) is 5.32 Å². The molecule has 1 N–H and O–H groups in total. The lowest BCUT2D eigenvalue weighted by atomic mass is 10.0. The Balaban J connectivity index is 1.67. The van der Waals surface area contributed by atoms with Crippen LogP contribution in [0, 0.1) is 0 Å². The number of hydrogen-bond acceptors (Lipinski definition) is 5. The number of fused-ring (bicyclic) bond motifs is 1. The van der Waals surface area contributed by atoms with Gasteiger partial charge in [0, 0.05) is 11.8 Å². The molecule has 0 aliphatic heterocycles. The second kappa shape index (κ2) is 7.86. The SMILES string of the molecule is CC(C)c1ccccc1NC(=O)COC(=O)c1cc(=O)c2ccccc2o1. The van der Waals surface area contributed by atoms with E-state index >= 15 is 0 Å². The normalized spacial score (nSPS) is 10.8. The zero-order valence-electron chi connectivity index (χ0n) is 15.0. The highest BCUT2D eigenvalue weighted by Gasteiger charge is 2.16. The van der Waals surface area contributed by atoms with Crippen molar-refractivity contribution in [3.8, 4) is 0 Å². The van der Waals surface area contributed by atoms with Crippen molar-refractivity contribution >= 4 is 28.5 Å². The maximum absolute atomic E-state index is 12.1. The molecule has 1 aromatic heterocycles. The van der Waals surface area contributed by atoms with Gasteiger partial charge in [-0.15, -0.1) is 0 Å². The van der Waals surface area contributed by atoms with Crippen LogP contribution in [0.5, 0.6) is 0 Å². The highest BCUT2D eigenvalue weighted by atomic mass is 16.5. The molecule has 3 rings (SSSR count). The molecule has 0 aliphatic carbocycles. The molecule has 1 amide bonds. The highest BCUT2D eigenvalue weighted by Crippen LogP contribution is 2.23. The van der Waals surface area contributed by atoms with Crippen molar-refractivity contribution in [1.29, 1.82) is 0 Å². The lowest BCUT2D eigenvalue weighted by molar-refractivity contribution is -0.119. The van der Waals surface area contributed by atoms with Crippen LogP contribution in [0.4, 0.5) is 5.69 Å². The van der Waals surface area contributed by atoms with Crippen LogP contribution in [-0.2, 0) is 9.53 Å². The van der Waals surface area contributed by atoms with Crippen molar-refractivity contribution in [2.45, 2.75) is 19.8 Å². The maximum Gasteiger partial charge on any atom is 0.374 e. The van der Waals surface area contributed by atoms with Crippen LogP contribution in [0.3, 0.4) is 0 Å². The van der Waals surface area contributed by atoms with Crippen molar-refractivity contribution in [3.05, 3.63) is 76.1 Å². The number of amides is 1. The Hall–Kier alpha value is -3.41. The number of ether oxygens (including phenoxy) is 1. The smallest absolute Gasteiger partial charge is 0.374 e. The molecule has 0 bridgehead atoms. The number of hydrogen-bond donors (Lipinski definition) is 1. The Morgan fingerprint density at radius 3 is 2.56 bits per heavy atom. The molecule has 2 aromatic carbocycles. The molecule has 27 heavy (non-hydrogen) atoms. The summed E-state index contributed by atoms with van der Waals surface area (Å²) in [5.74, 6) is -1.35. The zero-order valence-corrected chi connectivity index (χ0v) is 15.0. The predicted molar refractivity (Wildman–Crippen MR) is 102 cm³/mol. The summed E-state index contributed by atoms with van der Waals surface area (Å²) in [6, 6.07) is 15.1. The van der Waals surface area contributed by atoms with E-state index in [1.807, 2.05) is 32.0 Å². The lowest BCUT2D eigenvalue weighted by Gasteiger charge is -2.13. The van der Waals surface area contributed by atoms with Crippen molar-refractivity contribution < 1.29 is 18.7 Å². The fourth-order valence-corrected chi connectivity index (χ4v) is 2.71. The van der Waals surface area contributed by atoms with Gasteiger partial charge in [0.2, 0.25) is 5.76 Å². The van der Waals surface area contributed by atoms with E-state index in [0.717, 1.165) is 11.6 Å². The van der Waals surface area contributed by atoms with E-state index in [4.69, 9.17) is 9.15 Å². The van der Waals surface area contributed by atoms with Crippen LogP contribution < -0.4 is 10.7 Å². The summed E-state index contributed by atoms with van der Waals surface area (Å²) in [6.07, 6.45) is 0. The van der Waals surface area contributed by atoms with E-state index in [1.54, 1.807) is 30.3 Å². The average molecular weight is 365 g/mol. The average Bonchev–Trinajstić information content (AvgIpc) is 2.66. The summed E-state index contributed by atoms with van der Waals surface area (Å²) in [5.41, 5.74) is 1.59. The van der Waals surface area contributed by atoms with Gasteiger partial charge in [0.15, 0.2) is 12.0 Å². The van der Waals surface area contributed by atoms with Gasteiger partial charge in [-0.25, -0.2) is 4.79 Å². The van der Waals surface area contributed by atoms with Gasteiger partial charge in [-0.3, -0.25) is 9.59 Å². The first kappa shape index (κ1) is 18.4. The number of carbonyl (C=O) groups excluding carboxylic acids is 2. The number of nitrogens with one attached hydrogen (secondary N) is 1. The molecule has 0 saturated carbocycles. The molecule has 6 nitrogen and oxygen atoms in total. The van der Waals surface area contributed by atoms with Gasteiger partial charge in [-0.05, 0) is 29.7 Å². The third-order valence-corrected chi connectivity index (χ3v) is 4.03. The van der Waals surface area contributed by atoms with Crippen LogP contribution in [0.15, 0.2) is 63.8 Å². The molecule has 6 heteroatoms. The minimum absolute atomic E-state index is 0.232. The Labute approximate surface area is 155 Å². The Morgan fingerprint density at radius 1 is 1.07 bits per heavy atom. The molecule has 0 fully saturated rings. The number of benzene rings is 2. The van der Waals surface area contributed by atoms with Crippen molar-refractivity contribution in [2.24, 2.45) is 0 Å². The fourth-order valence-electron chi connectivity index (χ4n) is 2.71. The number of para-hydroxylation sites is 2. The van der Waals surface area contributed by atoms with Gasteiger partial charge in [0.05, 0.1) is 5.39 Å². The number of anilines is 1. The summed E-state index contributed by atoms with van der Waals surface area (Å²) >= 11 is 0. The van der Waals surface area contributed by atoms with E-state index in [0.29, 0.717) is 11.1 Å². The van der Waals surface area contributed by atoms with Crippen molar-refractivity contribution in [3.63, 3.8) is 0 Å². The summed E-state index contributed by atoms with van der Waals surface area (Å²) < 4.78 is 10.4. The second-order valence-corrected chi connectivity index (χ2v) is 6.34. The largest absolute Gasteiger partial charge is 0.450 e. The second-order valence-electron chi connectivity index (χ2n) is 6.34. The van der Waals surface area contributed by atoms with Gasteiger partial charge in [0.1, 0.15) is 5.58 Å². The summed E-state index contributed by atoms with van der Waals surface area (Å²) in [5, 5.41) is 3.10. The molecule has 0 unspecified atom stereocenters. The molecule has 0 spiro atoms. The third-order valence-electron chi connectivity index (χ3n) is 4.03. The Morgan fingerprint density at radius 2 is 1.78 bits per heavy atom. The minimum Gasteiger partial charge on any atom is -0.450 e. The van der Waals surface area contributed by atoms with Gasteiger partial charge >= 0.3 is 5.97 Å². The van der Waals surface area contributed by atoms with Gasteiger partial charge in [-0.2, -0.15) is 0 Å². The van der Waals surface area contributed by atoms with Crippen LogP contribution in [-0.4, -0.2) is 18.5 Å². The lowest BCUT2D eigenvalue weighted by Crippen LogP contribution is -2.22. The first-order chi connectivity index (χ1) is 13.0. The summed E-state index contributed by atoms with van der Waals surface area (Å²) in [6.45, 7) is 3.56. The molecule has 1 heterocycles.